The SMILES string of the molecule is CCCOc1ccc(CNC(=O)c2ccc(CN3CC(=O)N4CCC[C@@H]4C3=O)cc2)cc1. The van der Waals surface area contributed by atoms with Crippen molar-refractivity contribution < 1.29 is 19.1 Å². The molecule has 2 fully saturated rings. The molecule has 2 heterocycles. The van der Waals surface area contributed by atoms with Crippen molar-refractivity contribution in [3.05, 3.63) is 65.2 Å². The molecule has 7 nitrogen and oxygen atoms in total. The van der Waals surface area contributed by atoms with Gasteiger partial charge in [-0.05, 0) is 54.7 Å². The number of piperazine rings is 1. The van der Waals surface area contributed by atoms with E-state index in [4.69, 9.17) is 4.74 Å². The zero-order chi connectivity index (χ0) is 22.5. The van der Waals surface area contributed by atoms with Crippen molar-refractivity contribution in [3.8, 4) is 5.75 Å². The lowest BCUT2D eigenvalue weighted by Gasteiger charge is -2.36. The van der Waals surface area contributed by atoms with Gasteiger partial charge in [0.05, 0.1) is 6.61 Å². The third-order valence-electron chi connectivity index (χ3n) is 5.93. The lowest BCUT2D eigenvalue weighted by atomic mass is 10.1. The summed E-state index contributed by atoms with van der Waals surface area (Å²) in [6, 6.07) is 14.6. The molecule has 0 saturated carbocycles. The summed E-state index contributed by atoms with van der Waals surface area (Å²) >= 11 is 0. The molecule has 0 bridgehead atoms. The number of benzene rings is 2. The maximum Gasteiger partial charge on any atom is 0.251 e. The molecule has 1 N–H and O–H groups in total. The Morgan fingerprint density at radius 3 is 2.50 bits per heavy atom. The Hall–Kier alpha value is -3.35. The standard InChI is InChI=1S/C25H29N3O4/c1-2-14-32-21-11-7-18(8-12-21)15-26-24(30)20-9-5-19(6-10-20)16-27-17-23(29)28-13-3-4-22(28)25(27)31/h5-12,22H,2-4,13-17H2,1H3,(H,26,30)/t22-/m1/s1. The van der Waals surface area contributed by atoms with Gasteiger partial charge in [-0.25, -0.2) is 0 Å². The number of hydrogen-bond donors (Lipinski definition) is 1. The van der Waals surface area contributed by atoms with Crippen LogP contribution in [0, 0.1) is 0 Å². The van der Waals surface area contributed by atoms with Gasteiger partial charge in [-0.3, -0.25) is 14.4 Å². The molecule has 1 atom stereocenters. The van der Waals surface area contributed by atoms with Gasteiger partial charge >= 0.3 is 0 Å². The second kappa shape index (κ2) is 9.85. The van der Waals surface area contributed by atoms with Crippen LogP contribution in [0.25, 0.3) is 0 Å². The number of rotatable bonds is 8. The minimum Gasteiger partial charge on any atom is -0.494 e. The van der Waals surface area contributed by atoms with Crippen LogP contribution < -0.4 is 10.1 Å². The fourth-order valence-corrected chi connectivity index (χ4v) is 4.19. The van der Waals surface area contributed by atoms with Crippen LogP contribution in [-0.4, -0.2) is 53.3 Å². The molecular weight excluding hydrogens is 406 g/mol. The molecule has 2 aromatic rings. The van der Waals surface area contributed by atoms with Crippen LogP contribution in [-0.2, 0) is 22.7 Å². The summed E-state index contributed by atoms with van der Waals surface area (Å²) in [5.41, 5.74) is 2.45. The first kappa shape index (κ1) is 21.9. The van der Waals surface area contributed by atoms with Gasteiger partial charge in [0.15, 0.2) is 0 Å². The fraction of sp³-hybridized carbons (Fsp3) is 0.400. The summed E-state index contributed by atoms with van der Waals surface area (Å²) in [4.78, 5) is 40.8. The summed E-state index contributed by atoms with van der Waals surface area (Å²) in [6.45, 7) is 4.37. The van der Waals surface area contributed by atoms with E-state index >= 15 is 0 Å². The minimum absolute atomic E-state index is 0.0213. The van der Waals surface area contributed by atoms with Crippen LogP contribution >= 0.6 is 0 Å². The molecule has 7 heteroatoms. The average Bonchev–Trinajstić information content (AvgIpc) is 3.32. The van der Waals surface area contributed by atoms with E-state index in [2.05, 4.69) is 12.2 Å². The van der Waals surface area contributed by atoms with Crippen molar-refractivity contribution in [1.29, 1.82) is 0 Å². The highest BCUT2D eigenvalue weighted by Gasteiger charge is 2.41. The van der Waals surface area contributed by atoms with Crippen LogP contribution in [0.3, 0.4) is 0 Å². The van der Waals surface area contributed by atoms with Gasteiger partial charge in [0.2, 0.25) is 11.8 Å². The van der Waals surface area contributed by atoms with Crippen LogP contribution in [0.1, 0.15) is 47.7 Å². The highest BCUT2D eigenvalue weighted by molar-refractivity contribution is 5.95. The maximum absolute atomic E-state index is 12.7. The van der Waals surface area contributed by atoms with Crippen molar-refractivity contribution in [2.75, 3.05) is 19.7 Å². The normalized spacial score (nSPS) is 18.0. The zero-order valence-corrected chi connectivity index (χ0v) is 18.4. The molecule has 3 amide bonds. The summed E-state index contributed by atoms with van der Waals surface area (Å²) in [7, 11) is 0. The second-order valence-electron chi connectivity index (χ2n) is 8.31. The molecule has 0 aromatic heterocycles. The first-order valence-corrected chi connectivity index (χ1v) is 11.2. The van der Waals surface area contributed by atoms with Crippen LogP contribution in [0.15, 0.2) is 48.5 Å². The first-order chi connectivity index (χ1) is 15.5. The predicted octanol–water partition coefficient (Wildman–Crippen LogP) is 2.74. The number of ether oxygens (including phenoxy) is 1. The molecular formula is C25H29N3O4. The molecule has 0 radical (unpaired) electrons. The minimum atomic E-state index is -0.298. The average molecular weight is 436 g/mol. The van der Waals surface area contributed by atoms with Gasteiger partial charge in [0.1, 0.15) is 18.3 Å². The number of fused-ring (bicyclic) bond motifs is 1. The van der Waals surface area contributed by atoms with Crippen LogP contribution in [0.5, 0.6) is 5.75 Å². The molecule has 4 rings (SSSR count). The van der Waals surface area contributed by atoms with Gasteiger partial charge < -0.3 is 19.9 Å². The first-order valence-electron chi connectivity index (χ1n) is 11.2. The van der Waals surface area contributed by atoms with Crippen LogP contribution in [0.4, 0.5) is 0 Å². The van der Waals surface area contributed by atoms with Gasteiger partial charge in [0.25, 0.3) is 5.91 Å². The Kier molecular flexibility index (Phi) is 6.73. The molecule has 168 valence electrons. The molecule has 2 aliphatic rings. The Morgan fingerprint density at radius 2 is 1.78 bits per heavy atom. The van der Waals surface area contributed by atoms with Crippen molar-refractivity contribution in [3.63, 3.8) is 0 Å². The quantitative estimate of drug-likeness (QED) is 0.692. The number of carbonyl (C=O) groups excluding carboxylic acids is 3. The number of nitrogens with one attached hydrogen (secondary N) is 1. The summed E-state index contributed by atoms with van der Waals surface area (Å²) < 4.78 is 5.57. The van der Waals surface area contributed by atoms with Gasteiger partial charge in [0, 0.05) is 25.2 Å². The maximum atomic E-state index is 12.7. The number of hydrogen-bond acceptors (Lipinski definition) is 4. The second-order valence-corrected chi connectivity index (χ2v) is 8.31. The molecule has 0 spiro atoms. The Morgan fingerprint density at radius 1 is 1.06 bits per heavy atom. The molecule has 2 aliphatic heterocycles. The Bertz CT molecular complexity index is 972. The molecule has 2 saturated heterocycles. The Balaban J connectivity index is 1.30. The summed E-state index contributed by atoms with van der Waals surface area (Å²) in [5.74, 6) is 0.712. The van der Waals surface area contributed by atoms with E-state index < -0.39 is 0 Å². The predicted molar refractivity (Wildman–Crippen MR) is 120 cm³/mol. The lowest BCUT2D eigenvalue weighted by molar-refractivity contribution is -0.154. The van der Waals surface area contributed by atoms with E-state index in [-0.39, 0.29) is 30.3 Å². The lowest BCUT2D eigenvalue weighted by Crippen LogP contribution is -2.56. The van der Waals surface area contributed by atoms with Gasteiger partial charge in [-0.2, -0.15) is 0 Å². The smallest absolute Gasteiger partial charge is 0.251 e. The molecule has 32 heavy (non-hydrogen) atoms. The molecule has 0 unspecified atom stereocenters. The summed E-state index contributed by atoms with van der Waals surface area (Å²) in [5, 5.41) is 2.92. The van der Waals surface area contributed by atoms with Crippen molar-refractivity contribution in [2.24, 2.45) is 0 Å². The summed E-state index contributed by atoms with van der Waals surface area (Å²) in [6.07, 6.45) is 2.59. The van der Waals surface area contributed by atoms with Crippen molar-refractivity contribution in [2.45, 2.75) is 45.3 Å². The van der Waals surface area contributed by atoms with Gasteiger partial charge in [-0.1, -0.05) is 31.2 Å². The Labute approximate surface area is 188 Å². The topological polar surface area (TPSA) is 79.0 Å². The number of amides is 3. The largest absolute Gasteiger partial charge is 0.494 e. The van der Waals surface area contributed by atoms with Crippen molar-refractivity contribution >= 4 is 17.7 Å². The monoisotopic (exact) mass is 435 g/mol. The highest BCUT2D eigenvalue weighted by Crippen LogP contribution is 2.24. The molecule has 2 aromatic carbocycles. The fourth-order valence-electron chi connectivity index (χ4n) is 4.19. The van der Waals surface area contributed by atoms with E-state index in [9.17, 15) is 14.4 Å². The van der Waals surface area contributed by atoms with E-state index in [1.54, 1.807) is 21.9 Å². The van der Waals surface area contributed by atoms with Crippen LogP contribution in [0.2, 0.25) is 0 Å². The molecule has 0 aliphatic carbocycles. The van der Waals surface area contributed by atoms with E-state index in [1.807, 2.05) is 36.4 Å². The zero-order valence-electron chi connectivity index (χ0n) is 18.4. The third-order valence-corrected chi connectivity index (χ3v) is 5.93. The van der Waals surface area contributed by atoms with E-state index in [0.717, 1.165) is 36.1 Å². The number of nitrogens with zero attached hydrogens (tertiary/aromatic N) is 2. The van der Waals surface area contributed by atoms with Crippen molar-refractivity contribution in [1.82, 2.24) is 15.1 Å². The number of carbonyl (C=O) groups is 3. The van der Waals surface area contributed by atoms with E-state index in [1.165, 1.54) is 0 Å². The van der Waals surface area contributed by atoms with Gasteiger partial charge in [-0.15, -0.1) is 0 Å². The third kappa shape index (κ3) is 4.93. The van der Waals surface area contributed by atoms with E-state index in [0.29, 0.717) is 31.8 Å². The highest BCUT2D eigenvalue weighted by atomic mass is 16.5.